The van der Waals surface area contributed by atoms with Gasteiger partial charge in [0, 0.05) is 6.04 Å². The Hall–Kier alpha value is -0.820. The van der Waals surface area contributed by atoms with E-state index in [1.165, 1.54) is 61.8 Å². The highest BCUT2D eigenvalue weighted by Gasteiger charge is 2.19. The number of rotatable bonds is 7. The number of aryl methyl sites for hydroxylation is 3. The molecule has 0 radical (unpaired) electrons. The zero-order valence-corrected chi connectivity index (χ0v) is 11.3. The van der Waals surface area contributed by atoms with Crippen molar-refractivity contribution < 1.29 is 0 Å². The quantitative estimate of drug-likeness (QED) is 0.704. The second-order valence-corrected chi connectivity index (χ2v) is 5.46. The van der Waals surface area contributed by atoms with Crippen molar-refractivity contribution in [3.63, 3.8) is 0 Å². The summed E-state index contributed by atoms with van der Waals surface area (Å²) in [6, 6.07) is 7.75. The van der Waals surface area contributed by atoms with Gasteiger partial charge in [-0.25, -0.2) is 0 Å². The van der Waals surface area contributed by atoms with Crippen LogP contribution >= 0.6 is 0 Å². The Morgan fingerprint density at radius 1 is 1.06 bits per heavy atom. The largest absolute Gasteiger partial charge is 0.314 e. The highest BCUT2D eigenvalue weighted by atomic mass is 14.9. The van der Waals surface area contributed by atoms with Gasteiger partial charge in [-0.3, -0.25) is 0 Å². The Morgan fingerprint density at radius 2 is 1.88 bits per heavy atom. The molecule has 1 fully saturated rings. The van der Waals surface area contributed by atoms with Gasteiger partial charge in [-0.1, -0.05) is 24.6 Å². The predicted octanol–water partition coefficient (Wildman–Crippen LogP) is 3.77. The molecule has 1 nitrogen and oxygen atoms in total. The lowest BCUT2D eigenvalue weighted by Gasteiger charge is -2.06. The molecule has 1 aliphatic rings. The summed E-state index contributed by atoms with van der Waals surface area (Å²) in [5, 5.41) is 3.57. The van der Waals surface area contributed by atoms with Gasteiger partial charge in [0.1, 0.15) is 0 Å². The molecule has 1 N–H and O–H groups in total. The summed E-state index contributed by atoms with van der Waals surface area (Å²) in [4.78, 5) is 0. The molecule has 1 heteroatoms. The number of unbranched alkanes of at least 4 members (excludes halogenated alkanes) is 2. The fourth-order valence-corrected chi connectivity index (χ4v) is 2.18. The molecule has 0 atom stereocenters. The van der Waals surface area contributed by atoms with Gasteiger partial charge in [0.15, 0.2) is 0 Å². The van der Waals surface area contributed by atoms with Gasteiger partial charge in [-0.05, 0) is 69.2 Å². The summed E-state index contributed by atoms with van der Waals surface area (Å²) >= 11 is 0. The van der Waals surface area contributed by atoms with Gasteiger partial charge >= 0.3 is 0 Å². The van der Waals surface area contributed by atoms with Crippen LogP contribution < -0.4 is 5.32 Å². The maximum absolute atomic E-state index is 3.57. The van der Waals surface area contributed by atoms with Crippen molar-refractivity contribution in [1.29, 1.82) is 0 Å². The molecule has 2 rings (SSSR count). The summed E-state index contributed by atoms with van der Waals surface area (Å²) in [7, 11) is 0. The second kappa shape index (κ2) is 6.20. The third-order valence-corrected chi connectivity index (χ3v) is 3.72. The third kappa shape index (κ3) is 4.51. The number of benzene rings is 1. The second-order valence-electron chi connectivity index (χ2n) is 5.46. The van der Waals surface area contributed by atoms with Crippen LogP contribution in [0.4, 0.5) is 0 Å². The molecule has 94 valence electrons. The van der Waals surface area contributed by atoms with E-state index in [1.54, 1.807) is 0 Å². The summed E-state index contributed by atoms with van der Waals surface area (Å²) in [6.45, 7) is 5.61. The summed E-state index contributed by atoms with van der Waals surface area (Å²) in [6.07, 6.45) is 8.07. The van der Waals surface area contributed by atoms with Crippen LogP contribution in [0.1, 0.15) is 48.8 Å². The van der Waals surface area contributed by atoms with E-state index in [9.17, 15) is 0 Å². The fraction of sp³-hybridized carbons (Fsp3) is 0.625. The molecule has 0 saturated heterocycles. The van der Waals surface area contributed by atoms with Gasteiger partial charge in [-0.2, -0.15) is 0 Å². The van der Waals surface area contributed by atoms with Crippen LogP contribution in [0.5, 0.6) is 0 Å². The summed E-state index contributed by atoms with van der Waals surface area (Å²) < 4.78 is 0. The van der Waals surface area contributed by atoms with Crippen LogP contribution in [0, 0.1) is 13.8 Å². The predicted molar refractivity (Wildman–Crippen MR) is 74.5 cm³/mol. The lowest BCUT2D eigenvalue weighted by molar-refractivity contribution is 0.600. The van der Waals surface area contributed by atoms with Crippen LogP contribution in [-0.4, -0.2) is 12.6 Å². The Morgan fingerprint density at radius 3 is 2.59 bits per heavy atom. The average Bonchev–Trinajstić information content (AvgIpc) is 3.12. The first-order chi connectivity index (χ1) is 8.25. The molecule has 0 unspecified atom stereocenters. The van der Waals surface area contributed by atoms with E-state index >= 15 is 0 Å². The molecule has 0 aliphatic heterocycles. The lowest BCUT2D eigenvalue weighted by Crippen LogP contribution is -2.17. The van der Waals surface area contributed by atoms with E-state index in [0.717, 1.165) is 6.04 Å². The monoisotopic (exact) mass is 231 g/mol. The van der Waals surface area contributed by atoms with Crippen LogP contribution in [0.3, 0.4) is 0 Å². The molecule has 1 saturated carbocycles. The van der Waals surface area contributed by atoms with Gasteiger partial charge in [0.2, 0.25) is 0 Å². The normalized spacial score (nSPS) is 15.2. The van der Waals surface area contributed by atoms with Crippen molar-refractivity contribution in [3.8, 4) is 0 Å². The molecule has 1 aromatic carbocycles. The minimum Gasteiger partial charge on any atom is -0.314 e. The number of nitrogens with one attached hydrogen (secondary N) is 1. The molecule has 0 amide bonds. The van der Waals surface area contributed by atoms with Crippen LogP contribution in [-0.2, 0) is 6.42 Å². The zero-order chi connectivity index (χ0) is 12.1. The molecule has 0 heterocycles. The molecule has 1 aliphatic carbocycles. The zero-order valence-electron chi connectivity index (χ0n) is 11.3. The first-order valence-electron chi connectivity index (χ1n) is 7.05. The Bertz CT molecular complexity index is 353. The lowest BCUT2D eigenvalue weighted by atomic mass is 10.0. The molecule has 0 aromatic heterocycles. The third-order valence-electron chi connectivity index (χ3n) is 3.72. The van der Waals surface area contributed by atoms with Crippen molar-refractivity contribution in [3.05, 3.63) is 34.9 Å². The van der Waals surface area contributed by atoms with Gasteiger partial charge < -0.3 is 5.32 Å². The minimum atomic E-state index is 0.870. The van der Waals surface area contributed by atoms with Crippen molar-refractivity contribution in [2.75, 3.05) is 6.54 Å². The van der Waals surface area contributed by atoms with E-state index in [2.05, 4.69) is 37.4 Å². The highest BCUT2D eigenvalue weighted by Crippen LogP contribution is 2.18. The molecule has 0 spiro atoms. The van der Waals surface area contributed by atoms with Crippen LogP contribution in [0.2, 0.25) is 0 Å². The fourth-order valence-electron chi connectivity index (χ4n) is 2.18. The van der Waals surface area contributed by atoms with Gasteiger partial charge in [0.25, 0.3) is 0 Å². The smallest absolute Gasteiger partial charge is 0.00682 e. The average molecular weight is 231 g/mol. The number of hydrogen-bond donors (Lipinski definition) is 1. The highest BCUT2D eigenvalue weighted by molar-refractivity contribution is 5.29. The first kappa shape index (κ1) is 12.6. The summed E-state index contributed by atoms with van der Waals surface area (Å²) in [5.74, 6) is 0. The van der Waals surface area contributed by atoms with E-state index < -0.39 is 0 Å². The molecule has 1 aromatic rings. The molecular weight excluding hydrogens is 206 g/mol. The van der Waals surface area contributed by atoms with Crippen LogP contribution in [0.25, 0.3) is 0 Å². The Labute approximate surface area is 106 Å². The Kier molecular flexibility index (Phi) is 4.61. The van der Waals surface area contributed by atoms with Gasteiger partial charge in [0.05, 0.1) is 0 Å². The minimum absolute atomic E-state index is 0.870. The number of hydrogen-bond acceptors (Lipinski definition) is 1. The van der Waals surface area contributed by atoms with Crippen molar-refractivity contribution in [2.45, 2.75) is 58.4 Å². The maximum Gasteiger partial charge on any atom is 0.00682 e. The van der Waals surface area contributed by atoms with Crippen molar-refractivity contribution in [2.24, 2.45) is 0 Å². The topological polar surface area (TPSA) is 12.0 Å². The first-order valence-corrected chi connectivity index (χ1v) is 7.05. The molecule has 0 bridgehead atoms. The van der Waals surface area contributed by atoms with Crippen LogP contribution in [0.15, 0.2) is 18.2 Å². The van der Waals surface area contributed by atoms with Crippen molar-refractivity contribution in [1.82, 2.24) is 5.32 Å². The van der Waals surface area contributed by atoms with Crippen molar-refractivity contribution >= 4 is 0 Å². The van der Waals surface area contributed by atoms with E-state index in [-0.39, 0.29) is 0 Å². The van der Waals surface area contributed by atoms with Gasteiger partial charge in [-0.15, -0.1) is 0 Å². The maximum atomic E-state index is 3.57. The van der Waals surface area contributed by atoms with E-state index in [1.807, 2.05) is 0 Å². The molecular formula is C16H25N. The van der Waals surface area contributed by atoms with E-state index in [0.29, 0.717) is 0 Å². The molecule has 17 heavy (non-hydrogen) atoms. The van der Waals surface area contributed by atoms with E-state index in [4.69, 9.17) is 0 Å². The summed E-state index contributed by atoms with van der Waals surface area (Å²) in [5.41, 5.74) is 4.34. The SMILES string of the molecule is Cc1ccc(CCCCCNC2CC2)cc1C. The standard InChI is InChI=1S/C16H25N/c1-13-7-8-15(12-14(13)2)6-4-3-5-11-17-16-9-10-16/h7-8,12,16-17H,3-6,9-11H2,1-2H3. The Balaban J connectivity index is 1.58.